The van der Waals surface area contributed by atoms with Crippen molar-refractivity contribution < 1.29 is 5.11 Å². The molecular formula is C17H22N4O. The molecular weight excluding hydrogens is 276 g/mol. The molecule has 1 aliphatic rings. The topological polar surface area (TPSA) is 70.1 Å². The number of rotatable bonds is 6. The van der Waals surface area contributed by atoms with Crippen LogP contribution in [0.15, 0.2) is 24.3 Å². The van der Waals surface area contributed by atoms with E-state index in [4.69, 9.17) is 5.11 Å². The normalized spacial score (nSPS) is 14.0. The highest BCUT2D eigenvalue weighted by Crippen LogP contribution is 2.40. The monoisotopic (exact) mass is 298 g/mol. The number of para-hydroxylation sites is 1. The van der Waals surface area contributed by atoms with Gasteiger partial charge in [0.05, 0.1) is 12.3 Å². The summed E-state index contributed by atoms with van der Waals surface area (Å²) in [5.41, 5.74) is 4.55. The van der Waals surface area contributed by atoms with E-state index in [0.717, 1.165) is 17.2 Å². The number of aromatic nitrogens is 2. The van der Waals surface area contributed by atoms with Gasteiger partial charge >= 0.3 is 0 Å². The number of anilines is 3. The molecule has 0 bridgehead atoms. The molecule has 5 heteroatoms. The molecule has 0 spiro atoms. The van der Waals surface area contributed by atoms with Crippen LogP contribution in [0.3, 0.4) is 0 Å². The summed E-state index contributed by atoms with van der Waals surface area (Å²) in [4.78, 5) is 9.06. The third-order valence-electron chi connectivity index (χ3n) is 3.87. The maximum atomic E-state index is 8.96. The number of aryl methyl sites for hydroxylation is 2. The first-order valence-corrected chi connectivity index (χ1v) is 7.74. The zero-order valence-electron chi connectivity index (χ0n) is 13.1. The van der Waals surface area contributed by atoms with Crippen LogP contribution in [-0.4, -0.2) is 28.2 Å². The molecule has 0 aliphatic heterocycles. The first-order valence-electron chi connectivity index (χ1n) is 7.74. The molecule has 1 aromatic carbocycles. The second kappa shape index (κ2) is 6.32. The molecule has 1 aliphatic carbocycles. The van der Waals surface area contributed by atoms with Crippen LogP contribution in [0.25, 0.3) is 0 Å². The third-order valence-corrected chi connectivity index (χ3v) is 3.87. The SMILES string of the molecule is Cc1cccc(C)c1Nc1cc(C2CC2)nc(NCCO)n1. The molecule has 2 aromatic rings. The van der Waals surface area contributed by atoms with Gasteiger partial charge in [0.2, 0.25) is 5.95 Å². The fourth-order valence-electron chi connectivity index (χ4n) is 2.50. The highest BCUT2D eigenvalue weighted by atomic mass is 16.3. The highest BCUT2D eigenvalue weighted by molar-refractivity contribution is 5.65. The fourth-order valence-corrected chi connectivity index (χ4v) is 2.50. The van der Waals surface area contributed by atoms with Gasteiger partial charge in [0.1, 0.15) is 5.82 Å². The summed E-state index contributed by atoms with van der Waals surface area (Å²) in [6.45, 7) is 4.69. The smallest absolute Gasteiger partial charge is 0.224 e. The summed E-state index contributed by atoms with van der Waals surface area (Å²) in [7, 11) is 0. The Morgan fingerprint density at radius 2 is 1.91 bits per heavy atom. The first kappa shape index (κ1) is 14.8. The van der Waals surface area contributed by atoms with Crippen LogP contribution in [0.2, 0.25) is 0 Å². The fraction of sp³-hybridized carbons (Fsp3) is 0.412. The van der Waals surface area contributed by atoms with Gasteiger partial charge in [-0.2, -0.15) is 4.98 Å². The number of hydrogen-bond donors (Lipinski definition) is 3. The molecule has 1 fully saturated rings. The Bertz CT molecular complexity index is 647. The molecule has 3 rings (SSSR count). The third kappa shape index (κ3) is 3.36. The number of hydrogen-bond acceptors (Lipinski definition) is 5. The van der Waals surface area contributed by atoms with Crippen LogP contribution in [0, 0.1) is 13.8 Å². The van der Waals surface area contributed by atoms with Gasteiger partial charge in [-0.25, -0.2) is 4.98 Å². The summed E-state index contributed by atoms with van der Waals surface area (Å²) in [6.07, 6.45) is 2.39. The lowest BCUT2D eigenvalue weighted by Gasteiger charge is -2.14. The highest BCUT2D eigenvalue weighted by Gasteiger charge is 2.26. The minimum atomic E-state index is 0.0662. The Kier molecular flexibility index (Phi) is 4.24. The van der Waals surface area contributed by atoms with E-state index in [0.29, 0.717) is 18.4 Å². The average molecular weight is 298 g/mol. The van der Waals surface area contributed by atoms with Crippen LogP contribution in [-0.2, 0) is 0 Å². The van der Waals surface area contributed by atoms with E-state index in [1.54, 1.807) is 0 Å². The summed E-state index contributed by atoms with van der Waals surface area (Å²) in [5.74, 6) is 1.93. The van der Waals surface area contributed by atoms with Crippen molar-refractivity contribution in [3.8, 4) is 0 Å². The van der Waals surface area contributed by atoms with Gasteiger partial charge in [-0.05, 0) is 37.8 Å². The number of nitrogens with one attached hydrogen (secondary N) is 2. The molecule has 5 nitrogen and oxygen atoms in total. The number of aliphatic hydroxyl groups is 1. The van der Waals surface area contributed by atoms with E-state index in [1.807, 2.05) is 6.07 Å². The zero-order valence-corrected chi connectivity index (χ0v) is 13.1. The van der Waals surface area contributed by atoms with Crippen molar-refractivity contribution in [3.63, 3.8) is 0 Å². The van der Waals surface area contributed by atoms with Crippen molar-refractivity contribution in [2.24, 2.45) is 0 Å². The molecule has 0 unspecified atom stereocenters. The van der Waals surface area contributed by atoms with Gasteiger partial charge in [-0.1, -0.05) is 18.2 Å². The molecule has 1 heterocycles. The van der Waals surface area contributed by atoms with E-state index < -0.39 is 0 Å². The van der Waals surface area contributed by atoms with E-state index >= 15 is 0 Å². The maximum absolute atomic E-state index is 8.96. The Morgan fingerprint density at radius 3 is 2.55 bits per heavy atom. The van der Waals surface area contributed by atoms with Crippen molar-refractivity contribution in [3.05, 3.63) is 41.1 Å². The molecule has 22 heavy (non-hydrogen) atoms. The lowest BCUT2D eigenvalue weighted by Crippen LogP contribution is -2.11. The molecule has 0 atom stereocenters. The lowest BCUT2D eigenvalue weighted by atomic mass is 10.1. The minimum absolute atomic E-state index is 0.0662. The summed E-state index contributed by atoms with van der Waals surface area (Å²) < 4.78 is 0. The second-order valence-corrected chi connectivity index (χ2v) is 5.82. The van der Waals surface area contributed by atoms with Crippen molar-refractivity contribution in [2.75, 3.05) is 23.8 Å². The van der Waals surface area contributed by atoms with E-state index in [1.165, 1.54) is 24.0 Å². The van der Waals surface area contributed by atoms with E-state index in [-0.39, 0.29) is 6.61 Å². The maximum Gasteiger partial charge on any atom is 0.224 e. The minimum Gasteiger partial charge on any atom is -0.395 e. The predicted molar refractivity (Wildman–Crippen MR) is 88.8 cm³/mol. The van der Waals surface area contributed by atoms with Crippen LogP contribution < -0.4 is 10.6 Å². The molecule has 1 saturated carbocycles. The van der Waals surface area contributed by atoms with Crippen LogP contribution in [0.4, 0.5) is 17.5 Å². The quantitative estimate of drug-likeness (QED) is 0.764. The van der Waals surface area contributed by atoms with Crippen molar-refractivity contribution in [2.45, 2.75) is 32.6 Å². The second-order valence-electron chi connectivity index (χ2n) is 5.82. The van der Waals surface area contributed by atoms with Crippen molar-refractivity contribution in [1.29, 1.82) is 0 Å². The average Bonchev–Trinajstić information content (AvgIpc) is 3.34. The molecule has 116 valence electrons. The standard InChI is InChI=1S/C17H22N4O/c1-11-4-3-5-12(2)16(11)20-15-10-14(13-6-7-13)19-17(21-15)18-8-9-22/h3-5,10,13,22H,6-9H2,1-2H3,(H2,18,19,20,21). The van der Waals surface area contributed by atoms with Gasteiger partial charge in [0.15, 0.2) is 0 Å². The Morgan fingerprint density at radius 1 is 1.18 bits per heavy atom. The van der Waals surface area contributed by atoms with Crippen LogP contribution in [0.1, 0.15) is 35.6 Å². The van der Waals surface area contributed by atoms with Gasteiger partial charge < -0.3 is 15.7 Å². The van der Waals surface area contributed by atoms with Gasteiger partial charge in [-0.3, -0.25) is 0 Å². The van der Waals surface area contributed by atoms with Crippen molar-refractivity contribution in [1.82, 2.24) is 9.97 Å². The largest absolute Gasteiger partial charge is 0.395 e. The van der Waals surface area contributed by atoms with Gasteiger partial charge in [-0.15, -0.1) is 0 Å². The van der Waals surface area contributed by atoms with Gasteiger partial charge in [0, 0.05) is 24.2 Å². The van der Waals surface area contributed by atoms with E-state index in [9.17, 15) is 0 Å². The summed E-state index contributed by atoms with van der Waals surface area (Å²) in [5, 5.41) is 15.4. The van der Waals surface area contributed by atoms with E-state index in [2.05, 4.69) is 52.6 Å². The summed E-state index contributed by atoms with van der Waals surface area (Å²) in [6, 6.07) is 8.26. The number of aliphatic hydroxyl groups excluding tert-OH is 1. The Hall–Kier alpha value is -2.14. The lowest BCUT2D eigenvalue weighted by molar-refractivity contribution is 0.311. The van der Waals surface area contributed by atoms with Crippen LogP contribution >= 0.6 is 0 Å². The Labute approximate surface area is 130 Å². The predicted octanol–water partition coefficient (Wildman–Crippen LogP) is 3.12. The molecule has 0 saturated heterocycles. The molecule has 3 N–H and O–H groups in total. The number of nitrogens with zero attached hydrogens (tertiary/aromatic N) is 2. The van der Waals surface area contributed by atoms with Gasteiger partial charge in [0.25, 0.3) is 0 Å². The number of benzene rings is 1. The molecule has 0 radical (unpaired) electrons. The van der Waals surface area contributed by atoms with Crippen molar-refractivity contribution >= 4 is 17.5 Å². The molecule has 0 amide bonds. The zero-order chi connectivity index (χ0) is 15.5. The first-order chi connectivity index (χ1) is 10.7. The Balaban J connectivity index is 1.90. The van der Waals surface area contributed by atoms with Crippen LogP contribution in [0.5, 0.6) is 0 Å². The molecule has 1 aromatic heterocycles. The summed E-state index contributed by atoms with van der Waals surface area (Å²) >= 11 is 0.